The first-order chi connectivity index (χ1) is 7.04. The van der Waals surface area contributed by atoms with E-state index in [1.807, 2.05) is 0 Å². The third-order valence-electron chi connectivity index (χ3n) is 2.43. The molecule has 0 fully saturated rings. The lowest BCUT2D eigenvalue weighted by molar-refractivity contribution is 0.637. The van der Waals surface area contributed by atoms with E-state index < -0.39 is 0 Å². The first-order valence-electron chi connectivity index (χ1n) is 5.41. The molecular formula is C13H20BrN. The first-order valence-corrected chi connectivity index (χ1v) is 6.53. The van der Waals surface area contributed by atoms with E-state index in [2.05, 4.69) is 66.8 Å². The van der Waals surface area contributed by atoms with Crippen LogP contribution in [0.1, 0.15) is 25.0 Å². The minimum Gasteiger partial charge on any atom is -0.374 e. The summed E-state index contributed by atoms with van der Waals surface area (Å²) in [6.45, 7) is 7.73. The summed E-state index contributed by atoms with van der Waals surface area (Å²) in [4.78, 5) is 2.33. The lowest BCUT2D eigenvalue weighted by atomic mass is 10.1. The number of nitrogens with zero attached hydrogens (tertiary/aromatic N) is 1. The van der Waals surface area contributed by atoms with Gasteiger partial charge in [-0.1, -0.05) is 47.5 Å². The predicted octanol–water partition coefficient (Wildman–Crippen LogP) is 3.98. The molecule has 0 heterocycles. The Bertz CT molecular complexity index is 320. The molecule has 0 spiro atoms. The third-order valence-corrected chi connectivity index (χ3v) is 3.03. The summed E-state index contributed by atoms with van der Waals surface area (Å²) in [6.07, 6.45) is 0. The zero-order valence-corrected chi connectivity index (χ0v) is 11.6. The highest BCUT2D eigenvalue weighted by Gasteiger charge is 2.07. The second-order valence-electron chi connectivity index (χ2n) is 4.54. The average Bonchev–Trinajstić information content (AvgIpc) is 2.16. The van der Waals surface area contributed by atoms with Gasteiger partial charge in [-0.05, 0) is 24.5 Å². The van der Waals surface area contributed by atoms with Crippen molar-refractivity contribution in [2.45, 2.75) is 26.1 Å². The van der Waals surface area contributed by atoms with Crippen LogP contribution in [0.15, 0.2) is 18.2 Å². The van der Waals surface area contributed by atoms with E-state index in [-0.39, 0.29) is 0 Å². The van der Waals surface area contributed by atoms with Crippen LogP contribution in [0, 0.1) is 12.8 Å². The molecule has 2 heteroatoms. The number of anilines is 1. The maximum Gasteiger partial charge on any atom is 0.0405 e. The maximum absolute atomic E-state index is 3.55. The molecular weight excluding hydrogens is 250 g/mol. The molecule has 0 aromatic heterocycles. The molecule has 0 bridgehead atoms. The van der Waals surface area contributed by atoms with Crippen LogP contribution in [0.4, 0.5) is 5.69 Å². The lowest BCUT2D eigenvalue weighted by Crippen LogP contribution is -2.23. The Balaban J connectivity index is 2.92. The van der Waals surface area contributed by atoms with Crippen LogP contribution in [0.2, 0.25) is 0 Å². The van der Waals surface area contributed by atoms with Crippen LogP contribution in [-0.4, -0.2) is 13.6 Å². The Hall–Kier alpha value is -0.500. The monoisotopic (exact) mass is 269 g/mol. The van der Waals surface area contributed by atoms with Gasteiger partial charge in [-0.3, -0.25) is 0 Å². The Morgan fingerprint density at radius 1 is 1.33 bits per heavy atom. The van der Waals surface area contributed by atoms with Gasteiger partial charge in [-0.25, -0.2) is 0 Å². The van der Waals surface area contributed by atoms with Crippen molar-refractivity contribution >= 4 is 21.6 Å². The molecule has 0 amide bonds. The van der Waals surface area contributed by atoms with Crippen LogP contribution in [-0.2, 0) is 5.33 Å². The van der Waals surface area contributed by atoms with Crippen molar-refractivity contribution < 1.29 is 0 Å². The summed E-state index contributed by atoms with van der Waals surface area (Å²) < 4.78 is 0. The van der Waals surface area contributed by atoms with Gasteiger partial charge in [0, 0.05) is 24.6 Å². The third kappa shape index (κ3) is 3.53. The van der Waals surface area contributed by atoms with Gasteiger partial charge in [0.1, 0.15) is 0 Å². The Morgan fingerprint density at radius 3 is 2.53 bits per heavy atom. The van der Waals surface area contributed by atoms with Gasteiger partial charge in [0.15, 0.2) is 0 Å². The molecule has 1 nitrogen and oxygen atoms in total. The number of alkyl halides is 1. The Labute approximate surface area is 102 Å². The van der Waals surface area contributed by atoms with Crippen molar-refractivity contribution in [3.8, 4) is 0 Å². The van der Waals surface area contributed by atoms with E-state index in [0.29, 0.717) is 5.92 Å². The molecule has 1 rings (SSSR count). The van der Waals surface area contributed by atoms with Crippen molar-refractivity contribution in [2.75, 3.05) is 18.5 Å². The fourth-order valence-corrected chi connectivity index (χ4v) is 2.29. The van der Waals surface area contributed by atoms with E-state index >= 15 is 0 Å². The number of hydrogen-bond acceptors (Lipinski definition) is 1. The Morgan fingerprint density at radius 2 is 2.00 bits per heavy atom. The summed E-state index contributed by atoms with van der Waals surface area (Å²) in [6, 6.07) is 6.65. The fourth-order valence-electron chi connectivity index (χ4n) is 1.84. The topological polar surface area (TPSA) is 3.24 Å². The molecule has 0 saturated carbocycles. The van der Waals surface area contributed by atoms with Gasteiger partial charge in [0.2, 0.25) is 0 Å². The van der Waals surface area contributed by atoms with Gasteiger partial charge in [-0.2, -0.15) is 0 Å². The summed E-state index contributed by atoms with van der Waals surface area (Å²) in [5.41, 5.74) is 4.04. The molecule has 0 N–H and O–H groups in total. The molecule has 1 aromatic rings. The largest absolute Gasteiger partial charge is 0.374 e. The summed E-state index contributed by atoms with van der Waals surface area (Å²) >= 11 is 3.55. The number of rotatable bonds is 4. The second kappa shape index (κ2) is 5.55. The SMILES string of the molecule is Cc1ccc(N(C)CC(C)C)c(CBr)c1. The molecule has 0 saturated heterocycles. The van der Waals surface area contributed by atoms with E-state index in [4.69, 9.17) is 0 Å². The standard InChI is InChI=1S/C13H20BrN/c1-10(2)9-15(4)13-6-5-11(3)7-12(13)8-14/h5-7,10H,8-9H2,1-4H3. The van der Waals surface area contributed by atoms with Crippen LogP contribution < -0.4 is 4.90 Å². The molecule has 15 heavy (non-hydrogen) atoms. The lowest BCUT2D eigenvalue weighted by Gasteiger charge is -2.24. The van der Waals surface area contributed by atoms with E-state index in [9.17, 15) is 0 Å². The molecule has 0 atom stereocenters. The van der Waals surface area contributed by atoms with Crippen molar-refractivity contribution in [3.05, 3.63) is 29.3 Å². The molecule has 0 aliphatic rings. The first kappa shape index (κ1) is 12.6. The number of hydrogen-bond donors (Lipinski definition) is 0. The van der Waals surface area contributed by atoms with Crippen LogP contribution in [0.25, 0.3) is 0 Å². The molecule has 0 aliphatic carbocycles. The quantitative estimate of drug-likeness (QED) is 0.748. The zero-order chi connectivity index (χ0) is 11.4. The number of aryl methyl sites for hydroxylation is 1. The minimum absolute atomic E-state index is 0.694. The normalized spacial score (nSPS) is 10.8. The van der Waals surface area contributed by atoms with Crippen molar-refractivity contribution in [1.29, 1.82) is 0 Å². The molecule has 1 aromatic carbocycles. The number of benzene rings is 1. The summed E-state index contributed by atoms with van der Waals surface area (Å²) in [5, 5.41) is 0.923. The molecule has 0 aliphatic heterocycles. The summed E-state index contributed by atoms with van der Waals surface area (Å²) in [5.74, 6) is 0.694. The van der Waals surface area contributed by atoms with Gasteiger partial charge < -0.3 is 4.90 Å². The highest BCUT2D eigenvalue weighted by atomic mass is 79.9. The number of halogens is 1. The summed E-state index contributed by atoms with van der Waals surface area (Å²) in [7, 11) is 2.16. The van der Waals surface area contributed by atoms with E-state index in [1.165, 1.54) is 16.8 Å². The highest BCUT2D eigenvalue weighted by Crippen LogP contribution is 2.23. The van der Waals surface area contributed by atoms with Crippen LogP contribution in [0.3, 0.4) is 0 Å². The second-order valence-corrected chi connectivity index (χ2v) is 5.10. The smallest absolute Gasteiger partial charge is 0.0405 e. The fraction of sp³-hybridized carbons (Fsp3) is 0.538. The van der Waals surface area contributed by atoms with Gasteiger partial charge >= 0.3 is 0 Å². The van der Waals surface area contributed by atoms with Crippen molar-refractivity contribution in [3.63, 3.8) is 0 Å². The van der Waals surface area contributed by atoms with E-state index in [0.717, 1.165) is 11.9 Å². The van der Waals surface area contributed by atoms with Crippen molar-refractivity contribution in [1.82, 2.24) is 0 Å². The highest BCUT2D eigenvalue weighted by molar-refractivity contribution is 9.08. The van der Waals surface area contributed by atoms with Gasteiger partial charge in [-0.15, -0.1) is 0 Å². The maximum atomic E-state index is 3.55. The van der Waals surface area contributed by atoms with Gasteiger partial charge in [0.25, 0.3) is 0 Å². The van der Waals surface area contributed by atoms with Crippen LogP contribution >= 0.6 is 15.9 Å². The van der Waals surface area contributed by atoms with E-state index in [1.54, 1.807) is 0 Å². The Kier molecular flexibility index (Phi) is 4.65. The molecule has 0 radical (unpaired) electrons. The average molecular weight is 270 g/mol. The predicted molar refractivity (Wildman–Crippen MR) is 71.9 cm³/mol. The zero-order valence-electron chi connectivity index (χ0n) is 10.0. The van der Waals surface area contributed by atoms with Crippen molar-refractivity contribution in [2.24, 2.45) is 5.92 Å². The molecule has 0 unspecified atom stereocenters. The van der Waals surface area contributed by atoms with Crippen LogP contribution in [0.5, 0.6) is 0 Å². The molecule has 84 valence electrons. The minimum atomic E-state index is 0.694. The van der Waals surface area contributed by atoms with Gasteiger partial charge in [0.05, 0.1) is 0 Å².